The molecule has 0 fully saturated rings. The first-order chi connectivity index (χ1) is 9.61. The SMILES string of the molecule is CCN(CCCCl)S(=O)(=O)c1cccc2cnccc12. The van der Waals surface area contributed by atoms with E-state index in [1.165, 1.54) is 4.31 Å². The lowest BCUT2D eigenvalue weighted by Gasteiger charge is -2.21. The van der Waals surface area contributed by atoms with Gasteiger partial charge in [0, 0.05) is 42.1 Å². The Morgan fingerprint density at radius 1 is 1.30 bits per heavy atom. The standard InChI is InChI=1S/C14H17ClN2O2S/c1-2-17(10-4-8-15)20(18,19)14-6-3-5-12-11-16-9-7-13(12)14/h3,5-7,9,11H,2,4,8,10H2,1H3. The highest BCUT2D eigenvalue weighted by atomic mass is 35.5. The van der Waals surface area contributed by atoms with E-state index in [-0.39, 0.29) is 0 Å². The molecule has 0 aliphatic heterocycles. The first kappa shape index (κ1) is 15.2. The number of pyridine rings is 1. The Hall–Kier alpha value is -1.17. The lowest BCUT2D eigenvalue weighted by molar-refractivity contribution is 0.428. The zero-order valence-corrected chi connectivity index (χ0v) is 12.9. The Kier molecular flexibility index (Phi) is 4.96. The monoisotopic (exact) mass is 312 g/mol. The summed E-state index contributed by atoms with van der Waals surface area (Å²) in [4.78, 5) is 4.35. The summed E-state index contributed by atoms with van der Waals surface area (Å²) in [7, 11) is -3.50. The maximum Gasteiger partial charge on any atom is 0.243 e. The Morgan fingerprint density at radius 3 is 2.80 bits per heavy atom. The molecule has 2 rings (SSSR count). The van der Waals surface area contributed by atoms with E-state index in [9.17, 15) is 8.42 Å². The fourth-order valence-electron chi connectivity index (χ4n) is 2.14. The first-order valence-electron chi connectivity index (χ1n) is 6.50. The van der Waals surface area contributed by atoms with Gasteiger partial charge in [-0.05, 0) is 18.6 Å². The minimum atomic E-state index is -3.50. The molecule has 0 saturated carbocycles. The second-order valence-electron chi connectivity index (χ2n) is 4.39. The number of benzene rings is 1. The van der Waals surface area contributed by atoms with Gasteiger partial charge in [-0.15, -0.1) is 11.6 Å². The molecule has 1 heterocycles. The molecule has 0 N–H and O–H groups in total. The first-order valence-corrected chi connectivity index (χ1v) is 8.47. The smallest absolute Gasteiger partial charge is 0.243 e. The highest BCUT2D eigenvalue weighted by Crippen LogP contribution is 2.25. The minimum Gasteiger partial charge on any atom is -0.264 e. The van der Waals surface area contributed by atoms with Crippen molar-refractivity contribution in [3.05, 3.63) is 36.7 Å². The molecule has 0 saturated heterocycles. The predicted molar refractivity (Wildman–Crippen MR) is 81.5 cm³/mol. The van der Waals surface area contributed by atoms with Gasteiger partial charge in [-0.3, -0.25) is 4.98 Å². The lowest BCUT2D eigenvalue weighted by atomic mass is 10.2. The average Bonchev–Trinajstić information content (AvgIpc) is 2.47. The van der Waals surface area contributed by atoms with Crippen molar-refractivity contribution >= 4 is 32.4 Å². The van der Waals surface area contributed by atoms with Crippen LogP contribution in [0.3, 0.4) is 0 Å². The summed E-state index contributed by atoms with van der Waals surface area (Å²) in [6, 6.07) is 6.97. The molecule has 0 aliphatic carbocycles. The normalized spacial score (nSPS) is 12.2. The van der Waals surface area contributed by atoms with E-state index in [2.05, 4.69) is 4.98 Å². The van der Waals surface area contributed by atoms with Gasteiger partial charge in [-0.25, -0.2) is 8.42 Å². The van der Waals surface area contributed by atoms with Crippen LogP contribution in [0.1, 0.15) is 13.3 Å². The molecule has 0 atom stereocenters. The molecule has 1 aromatic carbocycles. The average molecular weight is 313 g/mol. The van der Waals surface area contributed by atoms with Crippen molar-refractivity contribution in [1.82, 2.24) is 9.29 Å². The third-order valence-corrected chi connectivity index (χ3v) is 5.45. The molecule has 20 heavy (non-hydrogen) atoms. The zero-order chi connectivity index (χ0) is 14.6. The summed E-state index contributed by atoms with van der Waals surface area (Å²) in [5, 5.41) is 1.52. The molecule has 108 valence electrons. The van der Waals surface area contributed by atoms with Gasteiger partial charge in [0.1, 0.15) is 0 Å². The van der Waals surface area contributed by atoms with Crippen LogP contribution in [0.4, 0.5) is 0 Å². The second kappa shape index (κ2) is 6.52. The van der Waals surface area contributed by atoms with Crippen molar-refractivity contribution in [3.8, 4) is 0 Å². The van der Waals surface area contributed by atoms with Gasteiger partial charge in [0.2, 0.25) is 10.0 Å². The zero-order valence-electron chi connectivity index (χ0n) is 11.3. The van der Waals surface area contributed by atoms with Crippen molar-refractivity contribution in [2.45, 2.75) is 18.2 Å². The molecule has 0 radical (unpaired) electrons. The van der Waals surface area contributed by atoms with Crippen LogP contribution in [0.5, 0.6) is 0 Å². The highest BCUT2D eigenvalue weighted by Gasteiger charge is 2.24. The summed E-state index contributed by atoms with van der Waals surface area (Å²) in [6.45, 7) is 2.70. The molecular weight excluding hydrogens is 296 g/mol. The van der Waals surface area contributed by atoms with Crippen molar-refractivity contribution in [2.24, 2.45) is 0 Å². The lowest BCUT2D eigenvalue weighted by Crippen LogP contribution is -2.32. The van der Waals surface area contributed by atoms with Gasteiger partial charge in [-0.1, -0.05) is 19.1 Å². The molecule has 1 aromatic heterocycles. The van der Waals surface area contributed by atoms with Crippen LogP contribution >= 0.6 is 11.6 Å². The molecule has 0 aliphatic rings. The van der Waals surface area contributed by atoms with Crippen LogP contribution in [-0.4, -0.2) is 36.7 Å². The van der Waals surface area contributed by atoms with Gasteiger partial charge in [0.25, 0.3) is 0 Å². The molecule has 4 nitrogen and oxygen atoms in total. The molecule has 0 bridgehead atoms. The molecule has 6 heteroatoms. The summed E-state index contributed by atoms with van der Waals surface area (Å²) in [5.41, 5.74) is 0. The molecular formula is C14H17ClN2O2S. The van der Waals surface area contributed by atoms with E-state index < -0.39 is 10.0 Å². The fraction of sp³-hybridized carbons (Fsp3) is 0.357. The molecule has 0 spiro atoms. The summed E-state index contributed by atoms with van der Waals surface area (Å²) >= 11 is 5.66. The van der Waals surface area contributed by atoms with Crippen LogP contribution in [0.15, 0.2) is 41.6 Å². The van der Waals surface area contributed by atoms with Gasteiger partial charge in [-0.2, -0.15) is 4.31 Å². The van der Waals surface area contributed by atoms with Crippen LogP contribution in [0.2, 0.25) is 0 Å². The number of nitrogens with zero attached hydrogens (tertiary/aromatic N) is 2. The van der Waals surface area contributed by atoms with Crippen LogP contribution in [0, 0.1) is 0 Å². The third kappa shape index (κ3) is 2.95. The van der Waals surface area contributed by atoms with E-state index in [0.717, 1.165) is 5.39 Å². The van der Waals surface area contributed by atoms with E-state index >= 15 is 0 Å². The largest absolute Gasteiger partial charge is 0.264 e. The van der Waals surface area contributed by atoms with Crippen molar-refractivity contribution in [3.63, 3.8) is 0 Å². The Labute approximate surface area is 124 Å². The fourth-order valence-corrected chi connectivity index (χ4v) is 3.96. The highest BCUT2D eigenvalue weighted by molar-refractivity contribution is 7.89. The van der Waals surface area contributed by atoms with Gasteiger partial charge in [0.15, 0.2) is 0 Å². The Balaban J connectivity index is 2.51. The summed E-state index contributed by atoms with van der Waals surface area (Å²) < 4.78 is 27.0. The van der Waals surface area contributed by atoms with E-state index in [1.807, 2.05) is 13.0 Å². The van der Waals surface area contributed by atoms with Crippen LogP contribution in [-0.2, 0) is 10.0 Å². The Bertz CT molecular complexity index is 683. The topological polar surface area (TPSA) is 50.3 Å². The van der Waals surface area contributed by atoms with Gasteiger partial charge >= 0.3 is 0 Å². The van der Waals surface area contributed by atoms with E-state index in [1.54, 1.807) is 30.6 Å². The maximum absolute atomic E-state index is 12.7. The third-order valence-electron chi connectivity index (χ3n) is 3.15. The number of alkyl halides is 1. The number of hydrogen-bond acceptors (Lipinski definition) is 3. The number of aromatic nitrogens is 1. The van der Waals surface area contributed by atoms with Crippen molar-refractivity contribution < 1.29 is 8.42 Å². The van der Waals surface area contributed by atoms with Crippen LogP contribution < -0.4 is 0 Å². The molecule has 0 unspecified atom stereocenters. The quantitative estimate of drug-likeness (QED) is 0.771. The number of hydrogen-bond donors (Lipinski definition) is 0. The van der Waals surface area contributed by atoms with Crippen LogP contribution in [0.25, 0.3) is 10.8 Å². The summed E-state index contributed by atoms with van der Waals surface area (Å²) in [5.74, 6) is 0.450. The number of sulfonamides is 1. The number of rotatable bonds is 6. The van der Waals surface area contributed by atoms with E-state index in [0.29, 0.717) is 35.7 Å². The van der Waals surface area contributed by atoms with Crippen molar-refractivity contribution in [1.29, 1.82) is 0 Å². The minimum absolute atomic E-state index is 0.328. The van der Waals surface area contributed by atoms with Crippen molar-refractivity contribution in [2.75, 3.05) is 19.0 Å². The number of fused-ring (bicyclic) bond motifs is 1. The van der Waals surface area contributed by atoms with Gasteiger partial charge in [0.05, 0.1) is 4.90 Å². The van der Waals surface area contributed by atoms with E-state index in [4.69, 9.17) is 11.6 Å². The summed E-state index contributed by atoms with van der Waals surface area (Å²) in [6.07, 6.45) is 3.92. The maximum atomic E-state index is 12.7. The predicted octanol–water partition coefficient (Wildman–Crippen LogP) is 2.87. The molecule has 0 amide bonds. The Morgan fingerprint density at radius 2 is 2.10 bits per heavy atom. The number of halogens is 1. The molecule has 2 aromatic rings. The second-order valence-corrected chi connectivity index (χ2v) is 6.68. The van der Waals surface area contributed by atoms with Gasteiger partial charge < -0.3 is 0 Å².